The molecule has 1 aromatic rings. The summed E-state index contributed by atoms with van der Waals surface area (Å²) >= 11 is 1.50. The van der Waals surface area contributed by atoms with E-state index in [1.54, 1.807) is 12.1 Å². The average Bonchev–Trinajstić information content (AvgIpc) is 2.54. The zero-order valence-electron chi connectivity index (χ0n) is 11.8. The maximum Gasteiger partial charge on any atom is 0.356 e. The Labute approximate surface area is 131 Å². The van der Waals surface area contributed by atoms with Gasteiger partial charge in [-0.1, -0.05) is 12.1 Å². The fourth-order valence-corrected chi connectivity index (χ4v) is 2.26. The number of nitrogens with one attached hydrogen (secondary N) is 3. The van der Waals surface area contributed by atoms with Gasteiger partial charge in [0.1, 0.15) is 5.70 Å². The summed E-state index contributed by atoms with van der Waals surface area (Å²) in [6.45, 7) is -0.408. The van der Waals surface area contributed by atoms with Crippen LogP contribution in [-0.2, 0) is 19.1 Å². The molecule has 0 atom stereocenters. The van der Waals surface area contributed by atoms with E-state index in [4.69, 9.17) is 4.74 Å². The first-order valence-corrected chi connectivity index (χ1v) is 7.67. The summed E-state index contributed by atoms with van der Waals surface area (Å²) in [4.78, 5) is 35.4. The second-order valence-electron chi connectivity index (χ2n) is 4.32. The maximum atomic E-state index is 11.8. The zero-order valence-corrected chi connectivity index (χ0v) is 12.7. The van der Waals surface area contributed by atoms with Crippen LogP contribution in [0.2, 0.25) is 0 Å². The van der Waals surface area contributed by atoms with E-state index in [0.717, 1.165) is 4.90 Å². The molecule has 0 fully saturated rings. The van der Waals surface area contributed by atoms with E-state index in [-0.39, 0.29) is 18.0 Å². The van der Waals surface area contributed by atoms with Crippen LogP contribution in [-0.4, -0.2) is 30.6 Å². The second kappa shape index (κ2) is 7.51. The van der Waals surface area contributed by atoms with Crippen LogP contribution < -0.4 is 16.2 Å². The molecule has 7 nitrogen and oxygen atoms in total. The number of rotatable bonds is 5. The van der Waals surface area contributed by atoms with Gasteiger partial charge in [-0.3, -0.25) is 20.4 Å². The predicted octanol–water partition coefficient (Wildman–Crippen LogP) is 0.799. The standard InChI is InChI=1S/C14H15N3O4S/c1-22-11-5-3-2-4-9(11)15-13(19)8-21-14(20)10-6-7-12(18)17-16-10/h2-6,16H,7-8H2,1H3,(H,15,19)(H,17,18). The number of anilines is 1. The fraction of sp³-hybridized carbons (Fsp3) is 0.214. The number of para-hydroxylation sites is 1. The van der Waals surface area contributed by atoms with Crippen molar-refractivity contribution in [1.29, 1.82) is 0 Å². The Morgan fingerprint density at radius 1 is 1.32 bits per heavy atom. The van der Waals surface area contributed by atoms with Crippen LogP contribution in [0.5, 0.6) is 0 Å². The molecule has 22 heavy (non-hydrogen) atoms. The molecule has 8 heteroatoms. The van der Waals surface area contributed by atoms with Crippen molar-refractivity contribution in [3.8, 4) is 0 Å². The summed E-state index contributed by atoms with van der Waals surface area (Å²) < 4.78 is 4.88. The van der Waals surface area contributed by atoms with Gasteiger partial charge >= 0.3 is 5.97 Å². The van der Waals surface area contributed by atoms with Gasteiger partial charge in [0.2, 0.25) is 5.91 Å². The number of ether oxygens (including phenoxy) is 1. The molecule has 0 saturated heterocycles. The van der Waals surface area contributed by atoms with Crippen molar-refractivity contribution in [3.05, 3.63) is 36.0 Å². The monoisotopic (exact) mass is 321 g/mol. The van der Waals surface area contributed by atoms with Crippen LogP contribution in [0.1, 0.15) is 6.42 Å². The first-order chi connectivity index (χ1) is 10.6. The van der Waals surface area contributed by atoms with Crippen molar-refractivity contribution in [3.63, 3.8) is 0 Å². The number of thioether (sulfide) groups is 1. The highest BCUT2D eigenvalue weighted by Gasteiger charge is 2.17. The minimum absolute atomic E-state index is 0.0880. The Balaban J connectivity index is 1.85. The van der Waals surface area contributed by atoms with E-state index in [1.165, 1.54) is 17.8 Å². The third-order valence-corrected chi connectivity index (χ3v) is 3.56. The summed E-state index contributed by atoms with van der Waals surface area (Å²) in [5, 5.41) is 2.68. The molecule has 2 amide bonds. The number of hydrazine groups is 1. The number of amides is 2. The van der Waals surface area contributed by atoms with Crippen molar-refractivity contribution in [2.45, 2.75) is 11.3 Å². The van der Waals surface area contributed by atoms with Crippen molar-refractivity contribution < 1.29 is 19.1 Å². The first-order valence-electron chi connectivity index (χ1n) is 6.45. The highest BCUT2D eigenvalue weighted by atomic mass is 32.2. The van der Waals surface area contributed by atoms with Gasteiger partial charge in [0.15, 0.2) is 6.61 Å². The maximum absolute atomic E-state index is 11.8. The van der Waals surface area contributed by atoms with Crippen LogP contribution in [0.3, 0.4) is 0 Å². The zero-order chi connectivity index (χ0) is 15.9. The quantitative estimate of drug-likeness (QED) is 0.548. The number of benzene rings is 1. The minimum Gasteiger partial charge on any atom is -0.451 e. The molecule has 1 aromatic carbocycles. The molecule has 3 N–H and O–H groups in total. The largest absolute Gasteiger partial charge is 0.451 e. The molecule has 1 aliphatic heterocycles. The lowest BCUT2D eigenvalue weighted by molar-refractivity contribution is -0.144. The molecule has 1 aliphatic rings. The lowest BCUT2D eigenvalue weighted by Crippen LogP contribution is -2.42. The lowest BCUT2D eigenvalue weighted by atomic mass is 10.3. The second-order valence-corrected chi connectivity index (χ2v) is 5.17. The summed E-state index contributed by atoms with van der Waals surface area (Å²) in [5.74, 6) is -1.38. The summed E-state index contributed by atoms with van der Waals surface area (Å²) in [5.41, 5.74) is 5.48. The van der Waals surface area contributed by atoms with Gasteiger partial charge in [-0.25, -0.2) is 4.79 Å². The summed E-state index contributed by atoms with van der Waals surface area (Å²) in [7, 11) is 0. The van der Waals surface area contributed by atoms with Crippen molar-refractivity contribution in [2.75, 3.05) is 18.2 Å². The topological polar surface area (TPSA) is 96.5 Å². The van der Waals surface area contributed by atoms with Gasteiger partial charge in [-0.15, -0.1) is 11.8 Å². The number of carbonyl (C=O) groups is 3. The van der Waals surface area contributed by atoms with E-state index in [1.807, 2.05) is 18.4 Å². The Bertz CT molecular complexity index is 630. The Kier molecular flexibility index (Phi) is 5.42. The molecule has 0 radical (unpaired) electrons. The van der Waals surface area contributed by atoms with Crippen molar-refractivity contribution in [1.82, 2.24) is 10.9 Å². The first kappa shape index (κ1) is 15.9. The van der Waals surface area contributed by atoms with Gasteiger partial charge < -0.3 is 10.1 Å². The molecular formula is C14H15N3O4S. The van der Waals surface area contributed by atoms with Crippen LogP contribution in [0.4, 0.5) is 5.69 Å². The van der Waals surface area contributed by atoms with Crippen LogP contribution in [0, 0.1) is 0 Å². The van der Waals surface area contributed by atoms with Gasteiger partial charge in [-0.2, -0.15) is 0 Å². The third kappa shape index (κ3) is 4.26. The number of esters is 1. The Hall–Kier alpha value is -2.48. The van der Waals surface area contributed by atoms with Crippen molar-refractivity contribution >= 4 is 35.2 Å². The molecule has 0 bridgehead atoms. The molecule has 1 heterocycles. The highest BCUT2D eigenvalue weighted by Crippen LogP contribution is 2.24. The van der Waals surface area contributed by atoms with Gasteiger partial charge in [0.25, 0.3) is 5.91 Å². The van der Waals surface area contributed by atoms with Crippen LogP contribution in [0.15, 0.2) is 40.9 Å². The van der Waals surface area contributed by atoms with Crippen molar-refractivity contribution in [2.24, 2.45) is 0 Å². The van der Waals surface area contributed by atoms with E-state index in [0.29, 0.717) is 5.69 Å². The van der Waals surface area contributed by atoms with E-state index in [2.05, 4.69) is 16.2 Å². The normalized spacial score (nSPS) is 13.5. The molecule has 0 unspecified atom stereocenters. The summed E-state index contributed by atoms with van der Waals surface area (Å²) in [6, 6.07) is 7.33. The fourth-order valence-electron chi connectivity index (χ4n) is 1.71. The smallest absolute Gasteiger partial charge is 0.356 e. The number of hydrogen-bond acceptors (Lipinski definition) is 6. The summed E-state index contributed by atoms with van der Waals surface area (Å²) in [6.07, 6.45) is 3.40. The molecule has 116 valence electrons. The predicted molar refractivity (Wildman–Crippen MR) is 81.8 cm³/mol. The molecule has 2 rings (SSSR count). The minimum atomic E-state index is -0.701. The number of carbonyl (C=O) groups excluding carboxylic acids is 3. The SMILES string of the molecule is CSc1ccccc1NC(=O)COC(=O)C1=CCC(=O)NN1. The third-order valence-electron chi connectivity index (χ3n) is 2.76. The molecular weight excluding hydrogens is 306 g/mol. The molecule has 0 spiro atoms. The average molecular weight is 321 g/mol. The van der Waals surface area contributed by atoms with E-state index < -0.39 is 18.5 Å². The molecule has 0 aromatic heterocycles. The Morgan fingerprint density at radius 3 is 2.77 bits per heavy atom. The number of hydrogen-bond donors (Lipinski definition) is 3. The molecule has 0 aliphatic carbocycles. The Morgan fingerprint density at radius 2 is 2.09 bits per heavy atom. The van der Waals surface area contributed by atoms with Crippen LogP contribution in [0.25, 0.3) is 0 Å². The van der Waals surface area contributed by atoms with Gasteiger partial charge in [-0.05, 0) is 24.5 Å². The van der Waals surface area contributed by atoms with Crippen LogP contribution >= 0.6 is 11.8 Å². The highest BCUT2D eigenvalue weighted by molar-refractivity contribution is 7.98. The van der Waals surface area contributed by atoms with E-state index in [9.17, 15) is 14.4 Å². The molecule has 0 saturated carbocycles. The lowest BCUT2D eigenvalue weighted by Gasteiger charge is -2.15. The van der Waals surface area contributed by atoms with E-state index >= 15 is 0 Å². The van der Waals surface area contributed by atoms with Gasteiger partial charge in [0, 0.05) is 11.3 Å². The van der Waals surface area contributed by atoms with Gasteiger partial charge in [0.05, 0.1) is 5.69 Å².